The predicted molar refractivity (Wildman–Crippen MR) is 77.9 cm³/mol. The quantitative estimate of drug-likeness (QED) is 0.527. The van der Waals surface area contributed by atoms with E-state index in [-0.39, 0.29) is 12.3 Å². The van der Waals surface area contributed by atoms with Crippen LogP contribution in [-0.4, -0.2) is 27.5 Å². The molecule has 0 aliphatic heterocycles. The number of carbonyl (C=O) groups is 2. The van der Waals surface area contributed by atoms with Crippen LogP contribution in [0, 0.1) is 0 Å². The van der Waals surface area contributed by atoms with Gasteiger partial charge >= 0.3 is 5.97 Å². The van der Waals surface area contributed by atoms with Crippen LogP contribution >= 0.6 is 22.6 Å². The van der Waals surface area contributed by atoms with Crippen molar-refractivity contribution >= 4 is 40.2 Å². The molecule has 0 aliphatic carbocycles. The van der Waals surface area contributed by atoms with Crippen molar-refractivity contribution in [3.63, 3.8) is 0 Å². The van der Waals surface area contributed by atoms with Gasteiger partial charge in [-0.05, 0) is 24.1 Å². The summed E-state index contributed by atoms with van der Waals surface area (Å²) in [6.07, 6.45) is 0.753. The molecular weight excluding hydrogens is 347 g/mol. The number of anilines is 1. The van der Waals surface area contributed by atoms with Crippen LogP contribution in [-0.2, 0) is 16.0 Å². The van der Waals surface area contributed by atoms with E-state index in [0.29, 0.717) is 12.1 Å². The second kappa shape index (κ2) is 7.32. The Morgan fingerprint density at radius 2 is 1.94 bits per heavy atom. The van der Waals surface area contributed by atoms with Crippen molar-refractivity contribution in [2.45, 2.75) is 18.9 Å². The minimum Gasteiger partial charge on any atom is -0.480 e. The molecule has 4 N–H and O–H groups in total. The molecule has 5 nitrogen and oxygen atoms in total. The Morgan fingerprint density at radius 3 is 2.44 bits per heavy atom. The molecule has 0 spiro atoms. The van der Waals surface area contributed by atoms with Crippen molar-refractivity contribution in [1.82, 2.24) is 0 Å². The van der Waals surface area contributed by atoms with Crippen LogP contribution in [0.4, 0.5) is 5.69 Å². The number of amides is 1. The normalized spacial score (nSPS) is 11.9. The molecule has 1 aromatic carbocycles. The zero-order valence-corrected chi connectivity index (χ0v) is 11.9. The minimum absolute atomic E-state index is 0.0283. The van der Waals surface area contributed by atoms with Gasteiger partial charge in [0.2, 0.25) is 5.91 Å². The smallest absolute Gasteiger partial charge is 0.320 e. The molecule has 0 saturated carbocycles. The van der Waals surface area contributed by atoms with Crippen molar-refractivity contribution in [1.29, 1.82) is 0 Å². The fraction of sp³-hybridized carbons (Fsp3) is 0.333. The second-order valence-electron chi connectivity index (χ2n) is 3.83. The van der Waals surface area contributed by atoms with Crippen LogP contribution in [0.5, 0.6) is 0 Å². The lowest BCUT2D eigenvalue weighted by Crippen LogP contribution is -2.32. The molecule has 0 bridgehead atoms. The molecule has 1 aromatic rings. The third-order valence-corrected chi connectivity index (χ3v) is 2.87. The minimum atomic E-state index is -1.02. The van der Waals surface area contributed by atoms with Crippen molar-refractivity contribution in [3.05, 3.63) is 29.8 Å². The van der Waals surface area contributed by atoms with Crippen molar-refractivity contribution < 1.29 is 14.7 Å². The van der Waals surface area contributed by atoms with E-state index in [2.05, 4.69) is 27.9 Å². The number of hydrogen-bond acceptors (Lipinski definition) is 3. The van der Waals surface area contributed by atoms with Gasteiger partial charge in [0, 0.05) is 16.5 Å². The summed E-state index contributed by atoms with van der Waals surface area (Å²) in [6.45, 7) is 0. The first kappa shape index (κ1) is 14.9. The average Bonchev–Trinajstić information content (AvgIpc) is 2.31. The monoisotopic (exact) mass is 362 g/mol. The number of carboxylic acid groups (broad SMARTS) is 1. The summed E-state index contributed by atoms with van der Waals surface area (Å²) in [5.74, 6) is -1.05. The molecule has 1 rings (SSSR count). The van der Waals surface area contributed by atoms with Gasteiger partial charge in [-0.25, -0.2) is 0 Å². The van der Waals surface area contributed by atoms with Crippen molar-refractivity contribution in [2.75, 3.05) is 9.74 Å². The molecule has 0 heterocycles. The first-order chi connectivity index (χ1) is 8.52. The van der Waals surface area contributed by atoms with Crippen LogP contribution < -0.4 is 11.1 Å². The number of alkyl halides is 1. The molecule has 1 amide bonds. The summed E-state index contributed by atoms with van der Waals surface area (Å²) in [6, 6.07) is 6.12. The number of nitrogens with two attached hydrogens (primary N) is 1. The highest BCUT2D eigenvalue weighted by Gasteiger charge is 2.11. The Hall–Kier alpha value is -1.15. The van der Waals surface area contributed by atoms with Gasteiger partial charge in [0.25, 0.3) is 0 Å². The molecule has 0 unspecified atom stereocenters. The zero-order chi connectivity index (χ0) is 13.5. The number of benzene rings is 1. The summed E-state index contributed by atoms with van der Waals surface area (Å²) in [5, 5.41) is 11.4. The topological polar surface area (TPSA) is 92.4 Å². The van der Waals surface area contributed by atoms with Gasteiger partial charge in [-0.2, -0.15) is 0 Å². The van der Waals surface area contributed by atoms with E-state index in [4.69, 9.17) is 10.8 Å². The van der Waals surface area contributed by atoms with Crippen LogP contribution in [0.3, 0.4) is 0 Å². The summed E-state index contributed by atoms with van der Waals surface area (Å²) in [4.78, 5) is 22.0. The number of halogens is 1. The summed E-state index contributed by atoms with van der Waals surface area (Å²) in [5.41, 5.74) is 6.97. The number of carboxylic acids is 1. The van der Waals surface area contributed by atoms with E-state index in [1.54, 1.807) is 24.3 Å². The molecular formula is C12H15IN2O3. The summed E-state index contributed by atoms with van der Waals surface area (Å²) in [7, 11) is 0. The fourth-order valence-corrected chi connectivity index (χ4v) is 1.86. The first-order valence-electron chi connectivity index (χ1n) is 5.46. The average molecular weight is 362 g/mol. The number of rotatable bonds is 6. The third-order valence-electron chi connectivity index (χ3n) is 2.33. The Balaban J connectivity index is 2.57. The second-order valence-corrected chi connectivity index (χ2v) is 4.91. The first-order valence-corrected chi connectivity index (χ1v) is 6.98. The highest BCUT2D eigenvalue weighted by atomic mass is 127. The number of nitrogens with one attached hydrogen (secondary N) is 1. The van der Waals surface area contributed by atoms with E-state index in [9.17, 15) is 9.59 Å². The molecule has 6 heteroatoms. The third kappa shape index (κ3) is 5.01. The Bertz CT molecular complexity index is 420. The van der Waals surface area contributed by atoms with Crippen LogP contribution in [0.2, 0.25) is 0 Å². The lowest BCUT2D eigenvalue weighted by Gasteiger charge is -2.08. The lowest BCUT2D eigenvalue weighted by atomic mass is 10.1. The summed E-state index contributed by atoms with van der Waals surface area (Å²) < 4.78 is 0.773. The molecule has 98 valence electrons. The van der Waals surface area contributed by atoms with E-state index in [1.165, 1.54) is 0 Å². The van der Waals surface area contributed by atoms with Gasteiger partial charge < -0.3 is 16.2 Å². The largest absolute Gasteiger partial charge is 0.480 e. The van der Waals surface area contributed by atoms with Crippen LogP contribution in [0.25, 0.3) is 0 Å². The maximum absolute atomic E-state index is 11.4. The van der Waals surface area contributed by atoms with Gasteiger partial charge in [0.15, 0.2) is 0 Å². The molecule has 0 aliphatic rings. The van der Waals surface area contributed by atoms with Crippen LogP contribution in [0.15, 0.2) is 24.3 Å². The van der Waals surface area contributed by atoms with E-state index in [0.717, 1.165) is 9.99 Å². The Kier molecular flexibility index (Phi) is 6.06. The molecule has 0 radical (unpaired) electrons. The van der Waals surface area contributed by atoms with E-state index < -0.39 is 12.0 Å². The SMILES string of the molecule is N[C@@H](Cc1ccc(NC(=O)CCI)cc1)C(=O)O. The van der Waals surface area contributed by atoms with E-state index >= 15 is 0 Å². The molecule has 0 aromatic heterocycles. The maximum Gasteiger partial charge on any atom is 0.320 e. The molecule has 0 fully saturated rings. The Morgan fingerprint density at radius 1 is 1.33 bits per heavy atom. The molecule has 0 saturated heterocycles. The molecule has 1 atom stereocenters. The fourth-order valence-electron chi connectivity index (χ4n) is 1.37. The summed E-state index contributed by atoms with van der Waals surface area (Å²) >= 11 is 2.14. The molecule has 18 heavy (non-hydrogen) atoms. The highest BCUT2D eigenvalue weighted by molar-refractivity contribution is 14.1. The van der Waals surface area contributed by atoms with Crippen molar-refractivity contribution in [3.8, 4) is 0 Å². The number of aliphatic carboxylic acids is 1. The van der Waals surface area contributed by atoms with Gasteiger partial charge in [-0.15, -0.1) is 0 Å². The zero-order valence-electron chi connectivity index (χ0n) is 9.73. The van der Waals surface area contributed by atoms with Crippen molar-refractivity contribution in [2.24, 2.45) is 5.73 Å². The standard InChI is InChI=1S/C12H15IN2O3/c13-6-5-11(16)15-9-3-1-8(2-4-9)7-10(14)12(17)18/h1-4,10H,5-7,14H2,(H,15,16)(H,17,18)/t10-/m0/s1. The number of carbonyl (C=O) groups excluding carboxylic acids is 1. The van der Waals surface area contributed by atoms with Gasteiger partial charge in [-0.1, -0.05) is 34.7 Å². The van der Waals surface area contributed by atoms with Gasteiger partial charge in [0.1, 0.15) is 6.04 Å². The maximum atomic E-state index is 11.4. The van der Waals surface area contributed by atoms with E-state index in [1.807, 2.05) is 0 Å². The highest BCUT2D eigenvalue weighted by Crippen LogP contribution is 2.11. The predicted octanol–water partition coefficient (Wildman–Crippen LogP) is 1.40. The van der Waals surface area contributed by atoms with Crippen LogP contribution in [0.1, 0.15) is 12.0 Å². The van der Waals surface area contributed by atoms with Gasteiger partial charge in [0.05, 0.1) is 0 Å². The lowest BCUT2D eigenvalue weighted by molar-refractivity contribution is -0.138. The van der Waals surface area contributed by atoms with Gasteiger partial charge in [-0.3, -0.25) is 9.59 Å². The number of hydrogen-bond donors (Lipinski definition) is 3. The Labute approximate surface area is 119 Å².